The first-order valence-corrected chi connectivity index (χ1v) is 8.01. The summed E-state index contributed by atoms with van der Waals surface area (Å²) in [7, 11) is 0. The summed E-state index contributed by atoms with van der Waals surface area (Å²) in [6.07, 6.45) is 0. The van der Waals surface area contributed by atoms with Gasteiger partial charge in [-0.3, -0.25) is 4.99 Å². The molecule has 1 unspecified atom stereocenters. The van der Waals surface area contributed by atoms with Crippen molar-refractivity contribution in [3.63, 3.8) is 0 Å². The molecule has 2 heterocycles. The lowest BCUT2D eigenvalue weighted by atomic mass is 10.0. The van der Waals surface area contributed by atoms with Crippen molar-refractivity contribution in [3.8, 4) is 11.5 Å². The Morgan fingerprint density at radius 1 is 1.38 bits per heavy atom. The van der Waals surface area contributed by atoms with Crippen LogP contribution in [0.5, 0.6) is 11.5 Å². The molecule has 0 amide bonds. The molecule has 1 aromatic carbocycles. The van der Waals surface area contributed by atoms with Crippen molar-refractivity contribution in [1.29, 1.82) is 0 Å². The number of guanidine groups is 1. The largest absolute Gasteiger partial charge is 0.486 e. The monoisotopic (exact) mass is 353 g/mol. The van der Waals surface area contributed by atoms with Gasteiger partial charge in [-0.25, -0.2) is 0 Å². The van der Waals surface area contributed by atoms with E-state index >= 15 is 0 Å². The van der Waals surface area contributed by atoms with Crippen LogP contribution < -0.4 is 15.2 Å². The van der Waals surface area contributed by atoms with Gasteiger partial charge in [0, 0.05) is 6.54 Å². The van der Waals surface area contributed by atoms with Crippen LogP contribution in [-0.2, 0) is 0 Å². The van der Waals surface area contributed by atoms with E-state index in [1.165, 1.54) is 0 Å². The molecule has 0 spiro atoms. The van der Waals surface area contributed by atoms with Gasteiger partial charge in [-0.15, -0.1) is 0 Å². The number of aliphatic imine (C=N–C) groups is 1. The lowest BCUT2D eigenvalue weighted by Crippen LogP contribution is -2.38. The van der Waals surface area contributed by atoms with E-state index in [0.29, 0.717) is 31.6 Å². The fraction of sp³-hybridized carbons (Fsp3) is 0.533. The van der Waals surface area contributed by atoms with Crippen molar-refractivity contribution in [2.75, 3.05) is 26.3 Å². The highest BCUT2D eigenvalue weighted by molar-refractivity contribution is 9.10. The second kappa shape index (κ2) is 5.75. The molecule has 0 radical (unpaired) electrons. The zero-order chi connectivity index (χ0) is 15.0. The number of ether oxygens (including phenoxy) is 2. The molecule has 5 nitrogen and oxygen atoms in total. The van der Waals surface area contributed by atoms with E-state index in [2.05, 4.69) is 45.7 Å². The van der Waals surface area contributed by atoms with Gasteiger partial charge in [0.25, 0.3) is 0 Å². The summed E-state index contributed by atoms with van der Waals surface area (Å²) in [4.78, 5) is 6.57. The Morgan fingerprint density at radius 3 is 2.90 bits per heavy atom. The summed E-state index contributed by atoms with van der Waals surface area (Å²) in [6, 6.07) is 4.30. The average molecular weight is 354 g/mol. The molecule has 3 rings (SSSR count). The second-order valence-corrected chi connectivity index (χ2v) is 6.64. The molecule has 2 aliphatic heterocycles. The lowest BCUT2D eigenvalue weighted by Gasteiger charge is -2.29. The Morgan fingerprint density at radius 2 is 2.14 bits per heavy atom. The molecule has 114 valence electrons. The van der Waals surface area contributed by atoms with Crippen LogP contribution in [0.2, 0.25) is 0 Å². The van der Waals surface area contributed by atoms with Gasteiger partial charge in [0.05, 0.1) is 17.1 Å². The summed E-state index contributed by atoms with van der Waals surface area (Å²) in [6.45, 7) is 7.12. The van der Waals surface area contributed by atoms with Crippen LogP contribution in [0.1, 0.15) is 25.5 Å². The maximum Gasteiger partial charge on any atom is 0.191 e. The first-order chi connectivity index (χ1) is 10.1. The topological polar surface area (TPSA) is 60.1 Å². The van der Waals surface area contributed by atoms with Gasteiger partial charge in [0.2, 0.25) is 0 Å². The van der Waals surface area contributed by atoms with E-state index in [4.69, 9.17) is 15.2 Å². The first kappa shape index (κ1) is 14.5. The van der Waals surface area contributed by atoms with Gasteiger partial charge >= 0.3 is 0 Å². The van der Waals surface area contributed by atoms with Gasteiger partial charge in [-0.05, 0) is 39.5 Å². The molecule has 0 aliphatic carbocycles. The van der Waals surface area contributed by atoms with Crippen LogP contribution in [0.4, 0.5) is 0 Å². The van der Waals surface area contributed by atoms with Crippen LogP contribution in [0.3, 0.4) is 0 Å². The van der Waals surface area contributed by atoms with Crippen molar-refractivity contribution >= 4 is 21.9 Å². The minimum atomic E-state index is 0.166. The maximum absolute atomic E-state index is 6.04. The van der Waals surface area contributed by atoms with Gasteiger partial charge < -0.3 is 20.1 Å². The molecular formula is C15H20BrN3O2. The number of nitrogens with two attached hydrogens (primary N) is 1. The summed E-state index contributed by atoms with van der Waals surface area (Å²) in [5, 5.41) is 0. The Labute approximate surface area is 133 Å². The van der Waals surface area contributed by atoms with Gasteiger partial charge in [-0.2, -0.15) is 0 Å². The van der Waals surface area contributed by atoms with Crippen molar-refractivity contribution in [1.82, 2.24) is 4.90 Å². The maximum atomic E-state index is 6.04. The van der Waals surface area contributed by atoms with Crippen LogP contribution in [0.25, 0.3) is 0 Å². The van der Waals surface area contributed by atoms with E-state index in [-0.39, 0.29) is 6.04 Å². The number of benzene rings is 1. The van der Waals surface area contributed by atoms with Gasteiger partial charge in [-0.1, -0.05) is 13.8 Å². The molecule has 0 saturated carbocycles. The van der Waals surface area contributed by atoms with E-state index in [9.17, 15) is 0 Å². The fourth-order valence-corrected chi connectivity index (χ4v) is 3.33. The van der Waals surface area contributed by atoms with Crippen molar-refractivity contribution in [2.45, 2.75) is 19.9 Å². The number of halogens is 1. The number of hydrogen-bond acceptors (Lipinski definition) is 5. The average Bonchev–Trinajstić information content (AvgIpc) is 2.80. The van der Waals surface area contributed by atoms with Crippen LogP contribution in [0.15, 0.2) is 21.6 Å². The normalized spacial score (nSPS) is 20.9. The Balaban J connectivity index is 1.91. The van der Waals surface area contributed by atoms with Crippen LogP contribution in [0, 0.1) is 5.92 Å². The van der Waals surface area contributed by atoms with Crippen molar-refractivity contribution < 1.29 is 9.47 Å². The highest BCUT2D eigenvalue weighted by Gasteiger charge is 2.29. The smallest absolute Gasteiger partial charge is 0.191 e. The fourth-order valence-electron chi connectivity index (χ4n) is 2.75. The third-order valence-electron chi connectivity index (χ3n) is 3.66. The van der Waals surface area contributed by atoms with Gasteiger partial charge in [0.1, 0.15) is 13.2 Å². The third kappa shape index (κ3) is 2.81. The number of hydrogen-bond donors (Lipinski definition) is 1. The molecule has 1 aromatic rings. The molecule has 21 heavy (non-hydrogen) atoms. The molecule has 6 heteroatoms. The van der Waals surface area contributed by atoms with Crippen molar-refractivity contribution in [3.05, 3.63) is 22.2 Å². The summed E-state index contributed by atoms with van der Waals surface area (Å²) in [5.74, 6) is 2.73. The molecule has 1 atom stereocenters. The zero-order valence-electron chi connectivity index (χ0n) is 12.3. The third-order valence-corrected chi connectivity index (χ3v) is 4.25. The van der Waals surface area contributed by atoms with E-state index in [1.54, 1.807) is 0 Å². The minimum absolute atomic E-state index is 0.166. The van der Waals surface area contributed by atoms with Crippen LogP contribution in [-0.4, -0.2) is 37.2 Å². The highest BCUT2D eigenvalue weighted by Crippen LogP contribution is 2.41. The predicted octanol–water partition coefficient (Wildman–Crippen LogP) is 2.55. The molecule has 0 saturated heterocycles. The van der Waals surface area contributed by atoms with Crippen LogP contribution >= 0.6 is 15.9 Å². The molecule has 0 aromatic heterocycles. The Bertz CT molecular complexity index is 574. The van der Waals surface area contributed by atoms with Gasteiger partial charge in [0.15, 0.2) is 17.5 Å². The quantitative estimate of drug-likeness (QED) is 0.906. The summed E-state index contributed by atoms with van der Waals surface area (Å²) < 4.78 is 12.3. The predicted molar refractivity (Wildman–Crippen MR) is 85.9 cm³/mol. The highest BCUT2D eigenvalue weighted by atomic mass is 79.9. The van der Waals surface area contributed by atoms with Crippen molar-refractivity contribution in [2.24, 2.45) is 16.6 Å². The van der Waals surface area contributed by atoms with E-state index in [0.717, 1.165) is 28.1 Å². The number of nitrogens with zero attached hydrogens (tertiary/aromatic N) is 2. The summed E-state index contributed by atoms with van der Waals surface area (Å²) >= 11 is 3.57. The minimum Gasteiger partial charge on any atom is -0.486 e. The molecule has 0 fully saturated rings. The number of fused-ring (bicyclic) bond motifs is 1. The summed E-state index contributed by atoms with van der Waals surface area (Å²) in [5.41, 5.74) is 7.19. The molecular weight excluding hydrogens is 334 g/mol. The second-order valence-electron chi connectivity index (χ2n) is 5.79. The Kier molecular flexibility index (Phi) is 3.97. The first-order valence-electron chi connectivity index (χ1n) is 7.22. The zero-order valence-corrected chi connectivity index (χ0v) is 13.9. The molecule has 2 aliphatic rings. The van der Waals surface area contributed by atoms with E-state index in [1.807, 2.05) is 6.07 Å². The molecule has 0 bridgehead atoms. The number of rotatable bonds is 3. The standard InChI is InChI=1S/C15H20BrN3O2/c1-9(2)8-19-12(7-18-15(19)17)10-5-11(16)14-13(6-10)20-3-4-21-14/h5-6,9,12H,3-4,7-8H2,1-2H3,(H2,17,18). The SMILES string of the molecule is CC(C)CN1C(N)=NCC1c1cc(Br)c2c(c1)OCCO2. The lowest BCUT2D eigenvalue weighted by molar-refractivity contribution is 0.170. The Hall–Kier alpha value is -1.43. The van der Waals surface area contributed by atoms with E-state index < -0.39 is 0 Å². The molecule has 2 N–H and O–H groups in total.